The number of nitrogens with zero attached hydrogens (tertiary/aromatic N) is 2. The van der Waals surface area contributed by atoms with Crippen molar-refractivity contribution in [3.8, 4) is 0 Å². The van der Waals surface area contributed by atoms with Gasteiger partial charge in [0.2, 0.25) is 5.91 Å². The molecular weight excluding hydrogens is 432 g/mol. The summed E-state index contributed by atoms with van der Waals surface area (Å²) in [6, 6.07) is 9.83. The summed E-state index contributed by atoms with van der Waals surface area (Å²) in [4.78, 5) is 15.9. The van der Waals surface area contributed by atoms with Crippen LogP contribution in [0.5, 0.6) is 0 Å². The topological polar surface area (TPSA) is 47.6 Å². The SMILES string of the molecule is O=C(CN1CCCN(C(=S)Nc2c(F)cc(F)c(F)c2F)CC1)NCc1ccccc1. The minimum absolute atomic E-state index is 0.000753. The van der Waals surface area contributed by atoms with Crippen LogP contribution in [0.3, 0.4) is 0 Å². The van der Waals surface area contributed by atoms with Gasteiger partial charge in [0, 0.05) is 38.8 Å². The second-order valence-corrected chi connectivity index (χ2v) is 7.54. The van der Waals surface area contributed by atoms with Crippen molar-refractivity contribution in [2.24, 2.45) is 0 Å². The molecule has 0 aliphatic carbocycles. The zero-order chi connectivity index (χ0) is 22.4. The van der Waals surface area contributed by atoms with Crippen LogP contribution in [-0.2, 0) is 11.3 Å². The van der Waals surface area contributed by atoms with Gasteiger partial charge in [0.25, 0.3) is 0 Å². The fourth-order valence-electron chi connectivity index (χ4n) is 3.25. The molecule has 1 fully saturated rings. The molecule has 0 bridgehead atoms. The van der Waals surface area contributed by atoms with Crippen LogP contribution in [-0.4, -0.2) is 53.5 Å². The number of carbonyl (C=O) groups is 1. The molecule has 0 saturated carbocycles. The Bertz CT molecular complexity index is 945. The molecule has 1 saturated heterocycles. The number of hydrogen-bond acceptors (Lipinski definition) is 3. The fourth-order valence-corrected chi connectivity index (χ4v) is 3.54. The van der Waals surface area contributed by atoms with Crippen molar-refractivity contribution in [3.05, 3.63) is 65.2 Å². The first-order valence-corrected chi connectivity index (χ1v) is 10.2. The fraction of sp³-hybridized carbons (Fsp3) is 0.333. The highest BCUT2D eigenvalue weighted by atomic mass is 32.1. The van der Waals surface area contributed by atoms with E-state index in [0.29, 0.717) is 39.1 Å². The van der Waals surface area contributed by atoms with E-state index in [4.69, 9.17) is 12.2 Å². The van der Waals surface area contributed by atoms with Crippen LogP contribution in [0.2, 0.25) is 0 Å². The summed E-state index contributed by atoms with van der Waals surface area (Å²) >= 11 is 5.20. The van der Waals surface area contributed by atoms with Crippen molar-refractivity contribution >= 4 is 28.9 Å². The van der Waals surface area contributed by atoms with Crippen molar-refractivity contribution in [1.82, 2.24) is 15.1 Å². The van der Waals surface area contributed by atoms with Gasteiger partial charge in [-0.1, -0.05) is 30.3 Å². The Kier molecular flexibility index (Phi) is 7.80. The van der Waals surface area contributed by atoms with Gasteiger partial charge in [-0.25, -0.2) is 17.6 Å². The summed E-state index contributed by atoms with van der Waals surface area (Å²) in [6.45, 7) is 2.70. The molecule has 166 valence electrons. The largest absolute Gasteiger partial charge is 0.351 e. The number of carbonyl (C=O) groups excluding carboxylic acids is 1. The first-order valence-electron chi connectivity index (χ1n) is 9.77. The van der Waals surface area contributed by atoms with E-state index in [9.17, 15) is 22.4 Å². The summed E-state index contributed by atoms with van der Waals surface area (Å²) < 4.78 is 54.3. The molecule has 0 unspecified atom stereocenters. The molecule has 3 rings (SSSR count). The van der Waals surface area contributed by atoms with Crippen molar-refractivity contribution in [3.63, 3.8) is 0 Å². The third-order valence-corrected chi connectivity index (χ3v) is 5.28. The Morgan fingerprint density at radius 3 is 2.45 bits per heavy atom. The van der Waals surface area contributed by atoms with Crippen molar-refractivity contribution in [1.29, 1.82) is 0 Å². The van der Waals surface area contributed by atoms with Gasteiger partial charge in [-0.2, -0.15) is 0 Å². The van der Waals surface area contributed by atoms with Gasteiger partial charge in [0.05, 0.1) is 6.54 Å². The summed E-state index contributed by atoms with van der Waals surface area (Å²) in [5.41, 5.74) is 0.177. The van der Waals surface area contributed by atoms with Gasteiger partial charge < -0.3 is 15.5 Å². The maximum absolute atomic E-state index is 13.9. The summed E-state index contributed by atoms with van der Waals surface area (Å²) in [5, 5.41) is 5.21. The van der Waals surface area contributed by atoms with Gasteiger partial charge in [0.1, 0.15) is 5.69 Å². The predicted octanol–water partition coefficient (Wildman–Crippen LogP) is 3.26. The van der Waals surface area contributed by atoms with Crippen molar-refractivity contribution in [2.45, 2.75) is 13.0 Å². The molecule has 1 aliphatic rings. The van der Waals surface area contributed by atoms with Gasteiger partial charge in [-0.05, 0) is 24.2 Å². The molecule has 0 aromatic heterocycles. The standard InChI is InChI=1S/C21H22F4N4OS/c22-15-11-16(23)20(19(25)18(15)24)27-21(31)29-8-4-7-28(9-10-29)13-17(30)26-12-14-5-2-1-3-6-14/h1-3,5-6,11H,4,7-10,12-13H2,(H,26,30)(H,27,31). The predicted molar refractivity (Wildman–Crippen MR) is 113 cm³/mol. The highest BCUT2D eigenvalue weighted by molar-refractivity contribution is 7.80. The average Bonchev–Trinajstić information content (AvgIpc) is 3.00. The maximum Gasteiger partial charge on any atom is 0.234 e. The second kappa shape index (κ2) is 10.5. The lowest BCUT2D eigenvalue weighted by molar-refractivity contribution is -0.122. The van der Waals surface area contributed by atoms with E-state index in [-0.39, 0.29) is 23.6 Å². The minimum Gasteiger partial charge on any atom is -0.351 e. The molecule has 0 spiro atoms. The minimum atomic E-state index is -1.77. The van der Waals surface area contributed by atoms with E-state index >= 15 is 0 Å². The molecule has 2 N–H and O–H groups in total. The zero-order valence-electron chi connectivity index (χ0n) is 16.6. The maximum atomic E-state index is 13.9. The second-order valence-electron chi connectivity index (χ2n) is 7.15. The number of halogens is 4. The quantitative estimate of drug-likeness (QED) is 0.314. The highest BCUT2D eigenvalue weighted by Gasteiger charge is 2.23. The van der Waals surface area contributed by atoms with E-state index in [0.717, 1.165) is 5.56 Å². The van der Waals surface area contributed by atoms with Crippen LogP contribution >= 0.6 is 12.2 Å². The van der Waals surface area contributed by atoms with Gasteiger partial charge in [-0.3, -0.25) is 9.69 Å². The number of nitrogens with one attached hydrogen (secondary N) is 2. The van der Waals surface area contributed by atoms with E-state index in [1.165, 1.54) is 0 Å². The Morgan fingerprint density at radius 1 is 0.968 bits per heavy atom. The first kappa shape index (κ1) is 23.0. The van der Waals surface area contributed by atoms with Crippen LogP contribution in [0.1, 0.15) is 12.0 Å². The molecule has 10 heteroatoms. The van der Waals surface area contributed by atoms with Crippen molar-refractivity contribution < 1.29 is 22.4 Å². The average molecular weight is 454 g/mol. The summed E-state index contributed by atoms with van der Waals surface area (Å²) in [6.07, 6.45) is 0.663. The smallest absolute Gasteiger partial charge is 0.234 e. The number of hydrogen-bond donors (Lipinski definition) is 2. The van der Waals surface area contributed by atoms with E-state index in [1.54, 1.807) is 4.90 Å². The Labute approximate surface area is 183 Å². The highest BCUT2D eigenvalue weighted by Crippen LogP contribution is 2.24. The van der Waals surface area contributed by atoms with Crippen molar-refractivity contribution in [2.75, 3.05) is 38.0 Å². The lowest BCUT2D eigenvalue weighted by Gasteiger charge is -2.25. The Balaban J connectivity index is 1.51. The number of anilines is 1. The Morgan fingerprint density at radius 2 is 1.71 bits per heavy atom. The third kappa shape index (κ3) is 6.14. The van der Waals surface area contributed by atoms with Gasteiger partial charge >= 0.3 is 0 Å². The monoisotopic (exact) mass is 454 g/mol. The molecule has 2 aromatic rings. The molecule has 1 aliphatic heterocycles. The number of thiocarbonyl (C=S) groups is 1. The normalized spacial score (nSPS) is 14.8. The van der Waals surface area contributed by atoms with E-state index in [1.807, 2.05) is 35.2 Å². The summed E-state index contributed by atoms with van der Waals surface area (Å²) in [5.74, 6) is -6.42. The molecule has 5 nitrogen and oxygen atoms in total. The molecule has 31 heavy (non-hydrogen) atoms. The molecule has 0 atom stereocenters. The first-order chi connectivity index (χ1) is 14.8. The number of rotatable bonds is 5. The van der Waals surface area contributed by atoms with Crippen LogP contribution in [0.15, 0.2) is 36.4 Å². The lowest BCUT2D eigenvalue weighted by atomic mass is 10.2. The zero-order valence-corrected chi connectivity index (χ0v) is 17.5. The third-order valence-electron chi connectivity index (χ3n) is 4.92. The van der Waals surface area contributed by atoms with E-state index < -0.39 is 29.0 Å². The van der Waals surface area contributed by atoms with Gasteiger partial charge in [0.15, 0.2) is 28.4 Å². The number of amides is 1. The molecule has 2 aromatic carbocycles. The van der Waals surface area contributed by atoms with Crippen LogP contribution < -0.4 is 10.6 Å². The molecular formula is C21H22F4N4OS. The van der Waals surface area contributed by atoms with E-state index in [2.05, 4.69) is 10.6 Å². The Hall–Kier alpha value is -2.72. The molecule has 1 heterocycles. The molecule has 1 amide bonds. The lowest BCUT2D eigenvalue weighted by Crippen LogP contribution is -2.41. The number of benzene rings is 2. The molecule has 0 radical (unpaired) electrons. The van der Waals surface area contributed by atoms with Crippen LogP contribution in [0, 0.1) is 23.3 Å². The van der Waals surface area contributed by atoms with Crippen LogP contribution in [0.25, 0.3) is 0 Å². The summed E-state index contributed by atoms with van der Waals surface area (Å²) in [7, 11) is 0. The van der Waals surface area contributed by atoms with Crippen LogP contribution in [0.4, 0.5) is 23.2 Å². The van der Waals surface area contributed by atoms with Gasteiger partial charge in [-0.15, -0.1) is 0 Å².